The minimum absolute atomic E-state index is 0.0431. The summed E-state index contributed by atoms with van der Waals surface area (Å²) in [5.74, 6) is 0.524. The number of nitrogens with two attached hydrogens (primary N) is 1. The molecule has 3 N–H and O–H groups in total. The molecular formula is C16H22N2O. The Kier molecular flexibility index (Phi) is 5.16. The predicted molar refractivity (Wildman–Crippen MR) is 77.6 cm³/mol. The predicted octanol–water partition coefficient (Wildman–Crippen LogP) is 2.03. The maximum absolute atomic E-state index is 11.9. The lowest BCUT2D eigenvalue weighted by molar-refractivity contribution is -0.122. The van der Waals surface area contributed by atoms with E-state index in [9.17, 15) is 4.79 Å². The summed E-state index contributed by atoms with van der Waals surface area (Å²) in [5.41, 5.74) is 7.04. The summed E-state index contributed by atoms with van der Waals surface area (Å²) in [6.45, 7) is 0.742. The van der Waals surface area contributed by atoms with E-state index < -0.39 is 6.04 Å². The Labute approximate surface area is 114 Å². The highest BCUT2D eigenvalue weighted by Gasteiger charge is 2.16. The van der Waals surface area contributed by atoms with E-state index in [1.165, 1.54) is 0 Å². The zero-order valence-corrected chi connectivity index (χ0v) is 11.2. The van der Waals surface area contributed by atoms with Gasteiger partial charge in [0.15, 0.2) is 0 Å². The monoisotopic (exact) mass is 258 g/mol. The lowest BCUT2D eigenvalue weighted by atomic mass is 9.94. The van der Waals surface area contributed by atoms with Gasteiger partial charge in [0.2, 0.25) is 5.91 Å². The molecule has 0 fully saturated rings. The van der Waals surface area contributed by atoms with E-state index in [-0.39, 0.29) is 5.91 Å². The Bertz CT molecular complexity index is 428. The van der Waals surface area contributed by atoms with E-state index >= 15 is 0 Å². The van der Waals surface area contributed by atoms with Gasteiger partial charge in [-0.3, -0.25) is 4.79 Å². The molecule has 2 atom stereocenters. The molecule has 1 aliphatic rings. The summed E-state index contributed by atoms with van der Waals surface area (Å²) in [7, 11) is 0. The average Bonchev–Trinajstić information content (AvgIpc) is 2.47. The van der Waals surface area contributed by atoms with Gasteiger partial charge in [-0.1, -0.05) is 42.5 Å². The van der Waals surface area contributed by atoms with Crippen molar-refractivity contribution in [3.8, 4) is 0 Å². The molecular weight excluding hydrogens is 236 g/mol. The molecule has 0 aliphatic heterocycles. The quantitative estimate of drug-likeness (QED) is 0.794. The van der Waals surface area contributed by atoms with E-state index in [1.54, 1.807) is 0 Å². The van der Waals surface area contributed by atoms with E-state index in [0.717, 1.165) is 31.4 Å². The minimum atomic E-state index is -0.457. The van der Waals surface area contributed by atoms with Gasteiger partial charge in [0.25, 0.3) is 0 Å². The van der Waals surface area contributed by atoms with Crippen LogP contribution in [-0.2, 0) is 11.2 Å². The van der Waals surface area contributed by atoms with Gasteiger partial charge in [0.05, 0.1) is 6.04 Å². The molecule has 19 heavy (non-hydrogen) atoms. The van der Waals surface area contributed by atoms with E-state index in [4.69, 9.17) is 5.73 Å². The van der Waals surface area contributed by atoms with Crippen LogP contribution in [0.3, 0.4) is 0 Å². The van der Waals surface area contributed by atoms with Crippen molar-refractivity contribution in [1.29, 1.82) is 0 Å². The van der Waals surface area contributed by atoms with Crippen molar-refractivity contribution in [2.45, 2.75) is 31.7 Å². The third-order valence-corrected chi connectivity index (χ3v) is 3.58. The maximum atomic E-state index is 11.9. The highest BCUT2D eigenvalue weighted by atomic mass is 16.2. The number of rotatable bonds is 5. The number of benzene rings is 1. The maximum Gasteiger partial charge on any atom is 0.237 e. The Morgan fingerprint density at radius 1 is 1.32 bits per heavy atom. The number of hydrogen-bond donors (Lipinski definition) is 2. The summed E-state index contributed by atoms with van der Waals surface area (Å²) in [6.07, 6.45) is 8.34. The van der Waals surface area contributed by atoms with Crippen LogP contribution >= 0.6 is 0 Å². The first-order valence-corrected chi connectivity index (χ1v) is 6.98. The summed E-state index contributed by atoms with van der Waals surface area (Å²) >= 11 is 0. The van der Waals surface area contributed by atoms with Crippen molar-refractivity contribution >= 4 is 5.91 Å². The molecule has 1 amide bonds. The van der Waals surface area contributed by atoms with Crippen molar-refractivity contribution in [3.63, 3.8) is 0 Å². The lowest BCUT2D eigenvalue weighted by Gasteiger charge is -2.19. The van der Waals surface area contributed by atoms with E-state index in [0.29, 0.717) is 12.3 Å². The summed E-state index contributed by atoms with van der Waals surface area (Å²) in [4.78, 5) is 11.9. The molecule has 0 aromatic heterocycles. The first-order chi connectivity index (χ1) is 9.25. The molecule has 0 heterocycles. The van der Waals surface area contributed by atoms with Crippen LogP contribution in [0.1, 0.15) is 24.8 Å². The summed E-state index contributed by atoms with van der Waals surface area (Å²) in [6, 6.07) is 9.44. The van der Waals surface area contributed by atoms with Crippen LogP contribution in [0, 0.1) is 5.92 Å². The molecule has 1 aliphatic carbocycles. The smallest absolute Gasteiger partial charge is 0.237 e. The molecule has 3 nitrogen and oxygen atoms in total. The molecule has 102 valence electrons. The summed E-state index contributed by atoms with van der Waals surface area (Å²) < 4.78 is 0. The second kappa shape index (κ2) is 7.10. The first kappa shape index (κ1) is 13.8. The van der Waals surface area contributed by atoms with Crippen LogP contribution in [0.15, 0.2) is 42.5 Å². The molecule has 0 bridgehead atoms. The molecule has 0 spiro atoms. The Morgan fingerprint density at radius 2 is 2.11 bits per heavy atom. The van der Waals surface area contributed by atoms with Gasteiger partial charge in [-0.2, -0.15) is 0 Å². The third-order valence-electron chi connectivity index (χ3n) is 3.58. The van der Waals surface area contributed by atoms with Gasteiger partial charge in [-0.05, 0) is 37.2 Å². The van der Waals surface area contributed by atoms with Crippen molar-refractivity contribution in [2.24, 2.45) is 11.7 Å². The van der Waals surface area contributed by atoms with Gasteiger partial charge in [-0.15, -0.1) is 0 Å². The zero-order valence-electron chi connectivity index (χ0n) is 11.2. The van der Waals surface area contributed by atoms with Crippen LogP contribution in [0.5, 0.6) is 0 Å². The second-order valence-electron chi connectivity index (χ2n) is 5.19. The van der Waals surface area contributed by atoms with Crippen LogP contribution < -0.4 is 11.1 Å². The molecule has 2 rings (SSSR count). The molecule has 0 radical (unpaired) electrons. The molecule has 1 unspecified atom stereocenters. The number of carbonyl (C=O) groups is 1. The topological polar surface area (TPSA) is 55.1 Å². The Morgan fingerprint density at radius 3 is 2.79 bits per heavy atom. The third kappa shape index (κ3) is 4.52. The summed E-state index contributed by atoms with van der Waals surface area (Å²) in [5, 5.41) is 2.97. The number of allylic oxidation sites excluding steroid dienone is 2. The molecule has 1 aromatic rings. The van der Waals surface area contributed by atoms with Crippen molar-refractivity contribution in [3.05, 3.63) is 48.0 Å². The Hall–Kier alpha value is -1.61. The van der Waals surface area contributed by atoms with Crippen molar-refractivity contribution < 1.29 is 4.79 Å². The fraction of sp³-hybridized carbons (Fsp3) is 0.438. The number of amides is 1. The Balaban J connectivity index is 1.74. The molecule has 0 saturated heterocycles. The largest absolute Gasteiger partial charge is 0.354 e. The van der Waals surface area contributed by atoms with Gasteiger partial charge < -0.3 is 11.1 Å². The van der Waals surface area contributed by atoms with E-state index in [1.807, 2.05) is 30.3 Å². The normalized spacial score (nSPS) is 19.9. The average molecular weight is 258 g/mol. The lowest BCUT2D eigenvalue weighted by Crippen LogP contribution is -2.43. The van der Waals surface area contributed by atoms with Gasteiger partial charge in [0, 0.05) is 6.54 Å². The van der Waals surface area contributed by atoms with Crippen LogP contribution in [-0.4, -0.2) is 18.5 Å². The number of hydrogen-bond acceptors (Lipinski definition) is 2. The van der Waals surface area contributed by atoms with Gasteiger partial charge >= 0.3 is 0 Å². The molecule has 3 heteroatoms. The fourth-order valence-electron chi connectivity index (χ4n) is 2.38. The second-order valence-corrected chi connectivity index (χ2v) is 5.19. The van der Waals surface area contributed by atoms with Crippen molar-refractivity contribution in [2.75, 3.05) is 6.54 Å². The van der Waals surface area contributed by atoms with Crippen molar-refractivity contribution in [1.82, 2.24) is 5.32 Å². The number of nitrogens with one attached hydrogen (secondary N) is 1. The van der Waals surface area contributed by atoms with Crippen LogP contribution in [0.2, 0.25) is 0 Å². The van der Waals surface area contributed by atoms with Gasteiger partial charge in [0.1, 0.15) is 0 Å². The van der Waals surface area contributed by atoms with E-state index in [2.05, 4.69) is 17.5 Å². The molecule has 1 aromatic carbocycles. The minimum Gasteiger partial charge on any atom is -0.354 e. The highest BCUT2D eigenvalue weighted by Crippen LogP contribution is 2.16. The zero-order chi connectivity index (χ0) is 13.5. The number of carbonyl (C=O) groups excluding carboxylic acids is 1. The first-order valence-electron chi connectivity index (χ1n) is 6.98. The van der Waals surface area contributed by atoms with Crippen LogP contribution in [0.25, 0.3) is 0 Å². The van der Waals surface area contributed by atoms with Gasteiger partial charge in [-0.25, -0.2) is 0 Å². The van der Waals surface area contributed by atoms with Crippen LogP contribution in [0.4, 0.5) is 0 Å². The molecule has 0 saturated carbocycles. The highest BCUT2D eigenvalue weighted by molar-refractivity contribution is 5.81. The standard InChI is InChI=1S/C16H22N2O/c17-15(11-13-7-3-1-4-8-13)16(19)18-12-14-9-5-2-6-10-14/h1-5,7-8,14-15H,6,9-12,17H2,(H,18,19)/t14?,15-/m1/s1. The SMILES string of the molecule is N[C@H](Cc1ccccc1)C(=O)NCC1CC=CCC1. The fourth-order valence-corrected chi connectivity index (χ4v) is 2.38.